The summed E-state index contributed by atoms with van der Waals surface area (Å²) in [6.45, 7) is 0. The highest BCUT2D eigenvalue weighted by Crippen LogP contribution is 2.39. The Bertz CT molecular complexity index is 239. The molecule has 2 atom stereocenters. The largest absolute Gasteiger partial charge is 0.393 e. The van der Waals surface area contributed by atoms with Crippen LogP contribution in [0.15, 0.2) is 0 Å². The van der Waals surface area contributed by atoms with E-state index >= 15 is 0 Å². The monoisotopic (exact) mass is 260 g/mol. The van der Waals surface area contributed by atoms with Crippen molar-refractivity contribution in [2.75, 3.05) is 0 Å². The first kappa shape index (κ1) is 14.7. The number of rotatable bonds is 4. The minimum Gasteiger partial charge on any atom is -0.393 e. The van der Waals surface area contributed by atoms with E-state index in [1.165, 1.54) is 0 Å². The van der Waals surface area contributed by atoms with Crippen molar-refractivity contribution >= 4 is 0 Å². The molecule has 0 aliphatic heterocycles. The Balaban J connectivity index is 2.30. The van der Waals surface area contributed by atoms with E-state index in [2.05, 4.69) is 0 Å². The Hall–Kier alpha value is -0.390. The van der Waals surface area contributed by atoms with E-state index in [4.69, 9.17) is 0 Å². The lowest BCUT2D eigenvalue weighted by Gasteiger charge is -2.32. The number of hydrogen-bond acceptors (Lipinski definition) is 1. The minimum absolute atomic E-state index is 0.0553. The molecule has 0 aromatic rings. The first-order valence-electron chi connectivity index (χ1n) is 5.82. The molecule has 0 saturated heterocycles. The molecule has 0 spiro atoms. The second-order valence-corrected chi connectivity index (χ2v) is 4.79. The number of hydrogen-bond donors (Lipinski definition) is 1. The van der Waals surface area contributed by atoms with Crippen LogP contribution in [0.3, 0.4) is 0 Å². The summed E-state index contributed by atoms with van der Waals surface area (Å²) in [5.74, 6) is -3.33. The summed E-state index contributed by atoms with van der Waals surface area (Å²) in [6.07, 6.45) is -6.28. The van der Waals surface area contributed by atoms with Gasteiger partial charge in [0.15, 0.2) is 0 Å². The molecule has 17 heavy (non-hydrogen) atoms. The topological polar surface area (TPSA) is 20.2 Å². The SMILES string of the molecule is OC(CCCC(F)(F)F)C1CCCC(F)(F)C1. The summed E-state index contributed by atoms with van der Waals surface area (Å²) in [5.41, 5.74) is 0. The van der Waals surface area contributed by atoms with Gasteiger partial charge in [-0.1, -0.05) is 0 Å². The van der Waals surface area contributed by atoms with Crippen LogP contribution in [0.25, 0.3) is 0 Å². The third-order valence-corrected chi connectivity index (χ3v) is 3.18. The molecular formula is C11H17F5O. The van der Waals surface area contributed by atoms with Gasteiger partial charge in [0.05, 0.1) is 6.10 Å². The van der Waals surface area contributed by atoms with Crippen LogP contribution in [0.5, 0.6) is 0 Å². The molecule has 1 N–H and O–H groups in total. The Morgan fingerprint density at radius 3 is 2.47 bits per heavy atom. The van der Waals surface area contributed by atoms with Gasteiger partial charge in [-0.3, -0.25) is 0 Å². The molecule has 0 radical (unpaired) electrons. The standard InChI is InChI=1S/C11H17F5O/c12-10(13)5-1-3-8(7-10)9(17)4-2-6-11(14,15)16/h8-9,17H,1-7H2. The van der Waals surface area contributed by atoms with Crippen molar-refractivity contribution in [3.05, 3.63) is 0 Å². The molecule has 1 aliphatic rings. The zero-order chi connectivity index (χ0) is 13.1. The van der Waals surface area contributed by atoms with Crippen LogP contribution in [-0.4, -0.2) is 23.3 Å². The van der Waals surface area contributed by atoms with Gasteiger partial charge in [0, 0.05) is 19.3 Å². The molecular weight excluding hydrogens is 243 g/mol. The van der Waals surface area contributed by atoms with Crippen LogP contribution >= 0.6 is 0 Å². The molecule has 102 valence electrons. The van der Waals surface area contributed by atoms with Crippen molar-refractivity contribution < 1.29 is 27.1 Å². The van der Waals surface area contributed by atoms with Crippen LogP contribution in [0.1, 0.15) is 44.9 Å². The molecule has 0 bridgehead atoms. The summed E-state index contributed by atoms with van der Waals surface area (Å²) >= 11 is 0. The molecule has 0 aromatic heterocycles. The van der Waals surface area contributed by atoms with Gasteiger partial charge in [0.1, 0.15) is 0 Å². The molecule has 1 fully saturated rings. The maximum absolute atomic E-state index is 13.0. The van der Waals surface area contributed by atoms with Crippen LogP contribution in [-0.2, 0) is 0 Å². The molecule has 6 heteroatoms. The summed E-state index contributed by atoms with van der Waals surface area (Å²) < 4.78 is 61.7. The zero-order valence-electron chi connectivity index (χ0n) is 9.44. The average molecular weight is 260 g/mol. The van der Waals surface area contributed by atoms with E-state index in [0.29, 0.717) is 12.8 Å². The summed E-state index contributed by atoms with van der Waals surface area (Å²) in [6, 6.07) is 0. The van der Waals surface area contributed by atoms with Gasteiger partial charge in [-0.25, -0.2) is 8.78 Å². The predicted octanol–water partition coefficient (Wildman–Crippen LogP) is 3.91. The second kappa shape index (κ2) is 5.50. The van der Waals surface area contributed by atoms with E-state index in [1.54, 1.807) is 0 Å². The van der Waals surface area contributed by atoms with Gasteiger partial charge in [-0.05, 0) is 31.6 Å². The maximum Gasteiger partial charge on any atom is 0.389 e. The number of aliphatic hydroxyl groups excluding tert-OH is 1. The molecule has 2 unspecified atom stereocenters. The number of alkyl halides is 5. The molecule has 1 nitrogen and oxygen atoms in total. The quantitative estimate of drug-likeness (QED) is 0.760. The lowest BCUT2D eigenvalue weighted by atomic mass is 9.81. The Labute approximate surface area is 97.0 Å². The van der Waals surface area contributed by atoms with Crippen molar-refractivity contribution in [2.45, 2.75) is 63.1 Å². The van der Waals surface area contributed by atoms with E-state index in [-0.39, 0.29) is 19.3 Å². The van der Waals surface area contributed by atoms with E-state index in [1.807, 2.05) is 0 Å². The van der Waals surface area contributed by atoms with Gasteiger partial charge in [0.2, 0.25) is 5.92 Å². The fourth-order valence-electron chi connectivity index (χ4n) is 2.29. The lowest BCUT2D eigenvalue weighted by molar-refractivity contribution is -0.137. The van der Waals surface area contributed by atoms with Crippen molar-refractivity contribution in [3.8, 4) is 0 Å². The summed E-state index contributed by atoms with van der Waals surface area (Å²) in [5, 5.41) is 9.60. The minimum atomic E-state index is -4.24. The zero-order valence-corrected chi connectivity index (χ0v) is 9.44. The number of halogens is 5. The van der Waals surface area contributed by atoms with Gasteiger partial charge in [-0.2, -0.15) is 13.2 Å². The van der Waals surface area contributed by atoms with Crippen LogP contribution in [0.2, 0.25) is 0 Å². The third-order valence-electron chi connectivity index (χ3n) is 3.18. The Kier molecular flexibility index (Phi) is 4.75. The maximum atomic E-state index is 13.0. The van der Waals surface area contributed by atoms with Crippen molar-refractivity contribution in [3.63, 3.8) is 0 Å². The Morgan fingerprint density at radius 2 is 1.94 bits per heavy atom. The highest BCUT2D eigenvalue weighted by molar-refractivity contribution is 4.82. The highest BCUT2D eigenvalue weighted by Gasteiger charge is 2.39. The van der Waals surface area contributed by atoms with Crippen LogP contribution in [0, 0.1) is 5.92 Å². The van der Waals surface area contributed by atoms with E-state index < -0.39 is 37.0 Å². The average Bonchev–Trinajstić information content (AvgIpc) is 2.13. The molecule has 0 aromatic carbocycles. The summed E-state index contributed by atoms with van der Waals surface area (Å²) in [7, 11) is 0. The van der Waals surface area contributed by atoms with Crippen LogP contribution < -0.4 is 0 Å². The van der Waals surface area contributed by atoms with Gasteiger partial charge in [-0.15, -0.1) is 0 Å². The fraction of sp³-hybridized carbons (Fsp3) is 1.00. The summed E-state index contributed by atoms with van der Waals surface area (Å²) in [4.78, 5) is 0. The van der Waals surface area contributed by atoms with E-state index in [9.17, 15) is 27.1 Å². The molecule has 1 aliphatic carbocycles. The van der Waals surface area contributed by atoms with Crippen molar-refractivity contribution in [1.82, 2.24) is 0 Å². The molecule has 1 rings (SSSR count). The van der Waals surface area contributed by atoms with Crippen molar-refractivity contribution in [2.24, 2.45) is 5.92 Å². The Morgan fingerprint density at radius 1 is 1.29 bits per heavy atom. The smallest absolute Gasteiger partial charge is 0.389 e. The molecule has 0 amide bonds. The molecule has 1 saturated carbocycles. The first-order valence-corrected chi connectivity index (χ1v) is 5.82. The fourth-order valence-corrected chi connectivity index (χ4v) is 2.29. The number of aliphatic hydroxyl groups is 1. The van der Waals surface area contributed by atoms with Gasteiger partial charge >= 0.3 is 6.18 Å². The van der Waals surface area contributed by atoms with E-state index in [0.717, 1.165) is 0 Å². The third kappa shape index (κ3) is 5.66. The predicted molar refractivity (Wildman–Crippen MR) is 52.8 cm³/mol. The highest BCUT2D eigenvalue weighted by atomic mass is 19.4. The normalized spacial score (nSPS) is 26.8. The lowest BCUT2D eigenvalue weighted by Crippen LogP contribution is -2.33. The molecule has 0 heterocycles. The van der Waals surface area contributed by atoms with Crippen LogP contribution in [0.4, 0.5) is 22.0 Å². The first-order chi connectivity index (χ1) is 7.70. The van der Waals surface area contributed by atoms with Gasteiger partial charge in [0.25, 0.3) is 0 Å². The van der Waals surface area contributed by atoms with Gasteiger partial charge < -0.3 is 5.11 Å². The van der Waals surface area contributed by atoms with Crippen molar-refractivity contribution in [1.29, 1.82) is 0 Å². The second-order valence-electron chi connectivity index (χ2n) is 4.79.